The van der Waals surface area contributed by atoms with Gasteiger partial charge in [-0.25, -0.2) is 8.42 Å². The predicted octanol–water partition coefficient (Wildman–Crippen LogP) is 6.04. The first-order valence-corrected chi connectivity index (χ1v) is 13.5. The molecule has 184 valence electrons. The van der Waals surface area contributed by atoms with Crippen LogP contribution in [0.3, 0.4) is 0 Å². The maximum absolute atomic E-state index is 13.3. The molecule has 0 atom stereocenters. The third kappa shape index (κ3) is 6.23. The molecule has 3 aromatic carbocycles. The number of hydrogen-bond acceptors (Lipinski definition) is 4. The fraction of sp³-hybridized carbons (Fsp3) is 0.296. The molecule has 1 heterocycles. The maximum atomic E-state index is 13.3. The quantitative estimate of drug-likeness (QED) is 0.418. The lowest BCUT2D eigenvalue weighted by molar-refractivity contribution is 0.102. The molecular weight excluding hydrogens is 484 g/mol. The Hall–Kier alpha value is -2.87. The van der Waals surface area contributed by atoms with Crippen molar-refractivity contribution in [2.24, 2.45) is 0 Å². The van der Waals surface area contributed by atoms with Crippen LogP contribution in [-0.2, 0) is 16.6 Å². The minimum Gasteiger partial charge on any atom is -0.488 e. The molecule has 1 N–H and O–H groups in total. The van der Waals surface area contributed by atoms with Gasteiger partial charge in [0.1, 0.15) is 12.4 Å². The van der Waals surface area contributed by atoms with E-state index in [9.17, 15) is 13.2 Å². The third-order valence-corrected chi connectivity index (χ3v) is 8.36. The Kier molecular flexibility index (Phi) is 8.11. The number of para-hydroxylation sites is 1. The molecule has 0 saturated carbocycles. The van der Waals surface area contributed by atoms with Gasteiger partial charge < -0.3 is 10.1 Å². The highest BCUT2D eigenvalue weighted by molar-refractivity contribution is 7.89. The Labute approximate surface area is 211 Å². The zero-order valence-corrected chi connectivity index (χ0v) is 21.2. The molecule has 0 aliphatic carbocycles. The van der Waals surface area contributed by atoms with Gasteiger partial charge in [-0.2, -0.15) is 4.31 Å². The second-order valence-corrected chi connectivity index (χ2v) is 11.0. The first-order valence-electron chi connectivity index (χ1n) is 11.7. The number of aryl methyl sites for hydroxylation is 1. The van der Waals surface area contributed by atoms with E-state index in [-0.39, 0.29) is 17.4 Å². The van der Waals surface area contributed by atoms with Gasteiger partial charge in [0.15, 0.2) is 0 Å². The average molecular weight is 513 g/mol. The van der Waals surface area contributed by atoms with Gasteiger partial charge in [-0.1, -0.05) is 54.8 Å². The largest absolute Gasteiger partial charge is 0.488 e. The van der Waals surface area contributed by atoms with Crippen molar-refractivity contribution in [2.75, 3.05) is 18.4 Å². The number of benzene rings is 3. The number of halogens is 1. The summed E-state index contributed by atoms with van der Waals surface area (Å²) in [6, 6.07) is 19.2. The van der Waals surface area contributed by atoms with Crippen LogP contribution in [0.25, 0.3) is 0 Å². The molecule has 6 nitrogen and oxygen atoms in total. The van der Waals surface area contributed by atoms with Crippen LogP contribution in [0.2, 0.25) is 5.02 Å². The molecule has 3 aromatic rings. The fourth-order valence-electron chi connectivity index (χ4n) is 4.10. The SMILES string of the molecule is Cc1ccc(NC(=O)c2ccccc2OCc2ccc(Cl)cc2)cc1S(=O)(=O)N1CCCCCC1. The number of rotatable bonds is 7. The molecule has 1 aliphatic heterocycles. The van der Waals surface area contributed by atoms with E-state index in [4.69, 9.17) is 16.3 Å². The minimum atomic E-state index is -3.64. The van der Waals surface area contributed by atoms with E-state index in [0.717, 1.165) is 31.2 Å². The van der Waals surface area contributed by atoms with E-state index in [1.807, 2.05) is 12.1 Å². The van der Waals surface area contributed by atoms with Crippen molar-refractivity contribution in [2.45, 2.75) is 44.1 Å². The number of anilines is 1. The molecular formula is C27H29ClN2O4S. The summed E-state index contributed by atoms with van der Waals surface area (Å²) in [5.74, 6) is 0.0585. The highest BCUT2D eigenvalue weighted by atomic mass is 35.5. The van der Waals surface area contributed by atoms with Crippen molar-refractivity contribution in [3.8, 4) is 5.75 Å². The molecule has 1 fully saturated rings. The van der Waals surface area contributed by atoms with Gasteiger partial charge in [-0.05, 0) is 67.3 Å². The lowest BCUT2D eigenvalue weighted by atomic mass is 10.1. The standard InChI is InChI=1S/C27H29ClN2O4S/c1-20-10-15-23(18-26(20)35(32,33)30-16-6-2-3-7-17-30)29-27(31)24-8-4-5-9-25(24)34-19-21-11-13-22(28)14-12-21/h4-5,8-15,18H,2-3,6-7,16-17,19H2,1H3,(H,29,31). The van der Waals surface area contributed by atoms with E-state index in [1.54, 1.807) is 65.8 Å². The van der Waals surface area contributed by atoms with Crippen LogP contribution in [0, 0.1) is 6.92 Å². The zero-order chi connectivity index (χ0) is 24.8. The van der Waals surface area contributed by atoms with Crippen molar-refractivity contribution in [3.05, 3.63) is 88.4 Å². The Morgan fingerprint density at radius 2 is 1.66 bits per heavy atom. The summed E-state index contributed by atoms with van der Waals surface area (Å²) in [6.45, 7) is 3.10. The molecule has 0 radical (unpaired) electrons. The van der Waals surface area contributed by atoms with E-state index in [0.29, 0.717) is 40.7 Å². The van der Waals surface area contributed by atoms with Gasteiger partial charge in [0, 0.05) is 23.8 Å². The number of nitrogens with zero attached hydrogens (tertiary/aromatic N) is 1. The average Bonchev–Trinajstić information content (AvgIpc) is 3.15. The highest BCUT2D eigenvalue weighted by Crippen LogP contribution is 2.27. The number of carbonyl (C=O) groups excluding carboxylic acids is 1. The monoisotopic (exact) mass is 512 g/mol. The molecule has 0 unspecified atom stereocenters. The lowest BCUT2D eigenvalue weighted by Gasteiger charge is -2.21. The van der Waals surface area contributed by atoms with E-state index < -0.39 is 10.0 Å². The number of sulfonamides is 1. The summed E-state index contributed by atoms with van der Waals surface area (Å²) in [7, 11) is -3.64. The van der Waals surface area contributed by atoms with Crippen LogP contribution in [0.1, 0.15) is 47.2 Å². The van der Waals surface area contributed by atoms with E-state index in [2.05, 4.69) is 5.32 Å². The van der Waals surface area contributed by atoms with Crippen LogP contribution in [0.4, 0.5) is 5.69 Å². The molecule has 8 heteroatoms. The third-order valence-electron chi connectivity index (χ3n) is 6.07. The van der Waals surface area contributed by atoms with E-state index in [1.165, 1.54) is 0 Å². The molecule has 0 aromatic heterocycles. The number of nitrogens with one attached hydrogen (secondary N) is 1. The van der Waals surface area contributed by atoms with Crippen LogP contribution in [-0.4, -0.2) is 31.7 Å². The van der Waals surface area contributed by atoms with Crippen LogP contribution in [0.15, 0.2) is 71.6 Å². The first kappa shape index (κ1) is 25.2. The van der Waals surface area contributed by atoms with Crippen molar-refractivity contribution in [1.29, 1.82) is 0 Å². The molecule has 1 amide bonds. The molecule has 35 heavy (non-hydrogen) atoms. The Bertz CT molecular complexity index is 1280. The molecule has 0 bridgehead atoms. The van der Waals surface area contributed by atoms with Crippen molar-refractivity contribution >= 4 is 33.2 Å². The Morgan fingerprint density at radius 3 is 2.37 bits per heavy atom. The van der Waals surface area contributed by atoms with Crippen molar-refractivity contribution in [1.82, 2.24) is 4.31 Å². The normalized spacial score (nSPS) is 14.8. The Balaban J connectivity index is 1.52. The number of hydrogen-bond donors (Lipinski definition) is 1. The minimum absolute atomic E-state index is 0.226. The van der Waals surface area contributed by atoms with Gasteiger partial charge >= 0.3 is 0 Å². The molecule has 1 aliphatic rings. The topological polar surface area (TPSA) is 75.7 Å². The maximum Gasteiger partial charge on any atom is 0.259 e. The summed E-state index contributed by atoms with van der Waals surface area (Å²) in [4.78, 5) is 13.3. The van der Waals surface area contributed by atoms with Crippen molar-refractivity contribution in [3.63, 3.8) is 0 Å². The number of amides is 1. The fourth-order valence-corrected chi connectivity index (χ4v) is 5.99. The number of ether oxygens (including phenoxy) is 1. The van der Waals surface area contributed by atoms with Crippen LogP contribution in [0.5, 0.6) is 5.75 Å². The molecule has 0 spiro atoms. The van der Waals surface area contributed by atoms with Gasteiger partial charge in [-0.3, -0.25) is 4.79 Å². The van der Waals surface area contributed by atoms with Crippen molar-refractivity contribution < 1.29 is 17.9 Å². The van der Waals surface area contributed by atoms with E-state index >= 15 is 0 Å². The van der Waals surface area contributed by atoms with Gasteiger partial charge in [0.25, 0.3) is 5.91 Å². The summed E-state index contributed by atoms with van der Waals surface area (Å²) in [5, 5.41) is 3.48. The molecule has 4 rings (SSSR count). The highest BCUT2D eigenvalue weighted by Gasteiger charge is 2.27. The first-order chi connectivity index (χ1) is 16.8. The second kappa shape index (κ2) is 11.2. The Morgan fingerprint density at radius 1 is 0.971 bits per heavy atom. The summed E-state index contributed by atoms with van der Waals surface area (Å²) < 4.78 is 34.2. The summed E-state index contributed by atoms with van der Waals surface area (Å²) >= 11 is 5.94. The smallest absolute Gasteiger partial charge is 0.259 e. The lowest BCUT2D eigenvalue weighted by Crippen LogP contribution is -2.32. The van der Waals surface area contributed by atoms with Crippen LogP contribution < -0.4 is 10.1 Å². The molecule has 1 saturated heterocycles. The summed E-state index contributed by atoms with van der Waals surface area (Å²) in [5.41, 5.74) is 2.35. The number of carbonyl (C=O) groups is 1. The summed E-state index contributed by atoms with van der Waals surface area (Å²) in [6.07, 6.45) is 3.81. The van der Waals surface area contributed by atoms with Gasteiger partial charge in [-0.15, -0.1) is 0 Å². The van der Waals surface area contributed by atoms with Crippen LogP contribution >= 0.6 is 11.6 Å². The van der Waals surface area contributed by atoms with Gasteiger partial charge in [0.05, 0.1) is 10.5 Å². The van der Waals surface area contributed by atoms with Gasteiger partial charge in [0.2, 0.25) is 10.0 Å². The second-order valence-electron chi connectivity index (χ2n) is 8.66. The zero-order valence-electron chi connectivity index (χ0n) is 19.7. The predicted molar refractivity (Wildman–Crippen MR) is 139 cm³/mol.